The Balaban J connectivity index is 1.43. The third kappa shape index (κ3) is 8.51. The molecule has 0 aliphatic carbocycles. The second-order valence-electron chi connectivity index (χ2n) is 11.0. The highest BCUT2D eigenvalue weighted by Crippen LogP contribution is 2.18. The molecule has 4 rings (SSSR count). The predicted octanol–water partition coefficient (Wildman–Crippen LogP) is 2.29. The smallest absolute Gasteiger partial charge is 0.374 e. The zero-order chi connectivity index (χ0) is 30.1. The van der Waals surface area contributed by atoms with Crippen molar-refractivity contribution >= 4 is 30.6 Å². The van der Waals surface area contributed by atoms with E-state index in [2.05, 4.69) is 20.8 Å². The summed E-state index contributed by atoms with van der Waals surface area (Å²) in [5.74, 6) is -0.651. The minimum atomic E-state index is -1.15. The number of carbonyl (C=O) groups is 3. The van der Waals surface area contributed by atoms with E-state index in [-0.39, 0.29) is 19.1 Å². The van der Waals surface area contributed by atoms with Crippen molar-refractivity contribution in [3.63, 3.8) is 0 Å². The average molecular weight is 574 g/mol. The van der Waals surface area contributed by atoms with Gasteiger partial charge in [-0.1, -0.05) is 48.5 Å². The Hall–Kier alpha value is -4.00. The van der Waals surface area contributed by atoms with Crippen molar-refractivity contribution in [3.05, 3.63) is 83.8 Å². The van der Waals surface area contributed by atoms with Crippen LogP contribution in [0.3, 0.4) is 0 Å². The van der Waals surface area contributed by atoms with Crippen LogP contribution in [0.2, 0.25) is 6.82 Å². The Labute approximate surface area is 246 Å². The summed E-state index contributed by atoms with van der Waals surface area (Å²) in [4.78, 5) is 45.6. The van der Waals surface area contributed by atoms with Crippen molar-refractivity contribution < 1.29 is 24.1 Å². The van der Waals surface area contributed by atoms with E-state index in [1.54, 1.807) is 30.9 Å². The summed E-state index contributed by atoms with van der Waals surface area (Å²) in [6.45, 7) is 6.87. The number of aromatic nitrogens is 2. The summed E-state index contributed by atoms with van der Waals surface area (Å²) in [7, 11) is -0.924. The maximum atomic E-state index is 13.3. The van der Waals surface area contributed by atoms with Crippen LogP contribution in [0, 0.1) is 0 Å². The number of nitrogens with one attached hydrogen (secondary N) is 3. The van der Waals surface area contributed by atoms with Crippen LogP contribution in [-0.2, 0) is 27.5 Å². The summed E-state index contributed by atoms with van der Waals surface area (Å²) in [6, 6.07) is 16.0. The lowest BCUT2D eigenvalue weighted by atomic mass is 9.83. The van der Waals surface area contributed by atoms with Crippen LogP contribution in [0.25, 0.3) is 0 Å². The molecule has 4 N–H and O–H groups in total. The molecule has 1 aliphatic rings. The first kappa shape index (κ1) is 31.0. The molecule has 1 saturated heterocycles. The largest absolute Gasteiger partial charge is 0.437 e. The first-order valence-corrected chi connectivity index (χ1v) is 14.2. The predicted molar refractivity (Wildman–Crippen MR) is 161 cm³/mol. The minimum absolute atomic E-state index is 0.0267. The third-order valence-corrected chi connectivity index (χ3v) is 7.03. The Morgan fingerprint density at radius 3 is 2.48 bits per heavy atom. The summed E-state index contributed by atoms with van der Waals surface area (Å²) in [6.07, 6.45) is 5.30. The molecule has 1 aliphatic heterocycles. The molecule has 0 saturated carbocycles. The zero-order valence-electron chi connectivity index (χ0n) is 24.4. The van der Waals surface area contributed by atoms with Crippen molar-refractivity contribution in [2.45, 2.75) is 58.2 Å². The number of hydrogen-bond acceptors (Lipinski definition) is 7. The van der Waals surface area contributed by atoms with Gasteiger partial charge in [-0.25, -0.2) is 4.98 Å². The van der Waals surface area contributed by atoms with Gasteiger partial charge in [-0.05, 0) is 50.7 Å². The number of rotatable bonds is 13. The standard InChI is InChI=1S/C30H39BN6O5/c1-30(2,35-31(3)41)29(40)33-25(20-42-19-22-11-5-4-6-12-22)27(38)34-26-18-36(21-32-26)17-23-13-7-8-14-24(23)28(39)37-15-9-10-16-37/h4-8,11-14,18,21,25,35,41H,9-10,15-17,19-20H2,1-3H3,(H,33,40)(H,34,38)/t25-/m1/s1. The van der Waals surface area contributed by atoms with Crippen LogP contribution >= 0.6 is 0 Å². The second-order valence-corrected chi connectivity index (χ2v) is 11.0. The van der Waals surface area contributed by atoms with Gasteiger partial charge in [0.1, 0.15) is 6.04 Å². The number of amides is 3. The maximum Gasteiger partial charge on any atom is 0.374 e. The molecule has 1 atom stereocenters. The Bertz CT molecular complexity index is 1360. The fourth-order valence-corrected chi connectivity index (χ4v) is 4.86. The first-order valence-electron chi connectivity index (χ1n) is 14.2. The third-order valence-electron chi connectivity index (χ3n) is 7.03. The van der Waals surface area contributed by atoms with E-state index in [0.29, 0.717) is 17.9 Å². The normalized spacial score (nSPS) is 14.0. The highest BCUT2D eigenvalue weighted by Gasteiger charge is 2.33. The molecule has 1 aromatic heterocycles. The van der Waals surface area contributed by atoms with E-state index in [1.165, 1.54) is 6.82 Å². The van der Waals surface area contributed by atoms with Gasteiger partial charge < -0.3 is 35.1 Å². The van der Waals surface area contributed by atoms with E-state index in [9.17, 15) is 19.4 Å². The summed E-state index contributed by atoms with van der Waals surface area (Å²) >= 11 is 0. The molecule has 0 unspecified atom stereocenters. The molecule has 11 nitrogen and oxygen atoms in total. The molecule has 1 fully saturated rings. The first-order chi connectivity index (χ1) is 20.1. The fraction of sp³-hybridized carbons (Fsp3) is 0.400. The number of anilines is 1. The number of nitrogens with zero attached hydrogens (tertiary/aromatic N) is 3. The van der Waals surface area contributed by atoms with E-state index in [4.69, 9.17) is 4.74 Å². The second kappa shape index (κ2) is 14.3. The van der Waals surface area contributed by atoms with Gasteiger partial charge in [-0.15, -0.1) is 0 Å². The van der Waals surface area contributed by atoms with Crippen molar-refractivity contribution in [1.82, 2.24) is 25.0 Å². The van der Waals surface area contributed by atoms with E-state index in [0.717, 1.165) is 37.1 Å². The minimum Gasteiger partial charge on any atom is -0.437 e. The SMILES string of the molecule is CB(O)NC(C)(C)C(=O)N[C@H](COCc1ccccc1)C(=O)Nc1cn(Cc2ccccc2C(=O)N2CCCC2)cn1. The lowest BCUT2D eigenvalue weighted by molar-refractivity contribution is -0.131. The summed E-state index contributed by atoms with van der Waals surface area (Å²) in [5, 5.41) is 18.0. The Morgan fingerprint density at radius 1 is 1.07 bits per heavy atom. The van der Waals surface area contributed by atoms with Gasteiger partial charge in [-0.2, -0.15) is 0 Å². The Kier molecular flexibility index (Phi) is 10.5. The Morgan fingerprint density at radius 2 is 1.76 bits per heavy atom. The fourth-order valence-electron chi connectivity index (χ4n) is 4.86. The molecular weight excluding hydrogens is 535 g/mol. The summed E-state index contributed by atoms with van der Waals surface area (Å²) in [5.41, 5.74) is 1.30. The number of ether oxygens (including phenoxy) is 1. The van der Waals surface area contributed by atoms with Gasteiger partial charge >= 0.3 is 7.05 Å². The molecule has 0 spiro atoms. The molecule has 2 aromatic carbocycles. The monoisotopic (exact) mass is 574 g/mol. The number of carbonyl (C=O) groups excluding carboxylic acids is 3. The van der Waals surface area contributed by atoms with Crippen LogP contribution < -0.4 is 15.9 Å². The van der Waals surface area contributed by atoms with Crippen molar-refractivity contribution in [2.24, 2.45) is 0 Å². The molecule has 42 heavy (non-hydrogen) atoms. The quantitative estimate of drug-likeness (QED) is 0.230. The molecule has 222 valence electrons. The molecule has 0 bridgehead atoms. The van der Waals surface area contributed by atoms with Crippen molar-refractivity contribution in [2.75, 3.05) is 25.0 Å². The van der Waals surface area contributed by atoms with Gasteiger partial charge in [0.15, 0.2) is 5.82 Å². The highest BCUT2D eigenvalue weighted by atomic mass is 16.5. The maximum absolute atomic E-state index is 13.3. The number of hydrogen-bond donors (Lipinski definition) is 4. The lowest BCUT2D eigenvalue weighted by Gasteiger charge is -2.28. The van der Waals surface area contributed by atoms with Crippen LogP contribution in [0.15, 0.2) is 67.1 Å². The van der Waals surface area contributed by atoms with E-state index in [1.807, 2.05) is 59.5 Å². The van der Waals surface area contributed by atoms with E-state index < -0.39 is 30.4 Å². The molecule has 0 radical (unpaired) electrons. The van der Waals surface area contributed by atoms with Crippen molar-refractivity contribution in [1.29, 1.82) is 0 Å². The number of imidazole rings is 1. The van der Waals surface area contributed by atoms with Gasteiger partial charge in [0, 0.05) is 31.4 Å². The molecule has 3 aromatic rings. The van der Waals surface area contributed by atoms with Crippen LogP contribution in [0.5, 0.6) is 0 Å². The van der Waals surface area contributed by atoms with E-state index >= 15 is 0 Å². The number of benzene rings is 2. The molecular formula is C30H39BN6O5. The van der Waals surface area contributed by atoms with Gasteiger partial charge in [0.2, 0.25) is 5.91 Å². The lowest BCUT2D eigenvalue weighted by Crippen LogP contribution is -2.60. The average Bonchev–Trinajstić information content (AvgIpc) is 3.65. The highest BCUT2D eigenvalue weighted by molar-refractivity contribution is 6.46. The zero-order valence-corrected chi connectivity index (χ0v) is 24.4. The summed E-state index contributed by atoms with van der Waals surface area (Å²) < 4.78 is 7.58. The van der Waals surface area contributed by atoms with Gasteiger partial charge in [-0.3, -0.25) is 14.4 Å². The number of likely N-dealkylation sites (tertiary alicyclic amines) is 1. The van der Waals surface area contributed by atoms with Crippen LogP contribution in [0.4, 0.5) is 5.82 Å². The molecule has 2 heterocycles. The molecule has 12 heteroatoms. The van der Waals surface area contributed by atoms with Crippen LogP contribution in [-0.4, -0.2) is 75.5 Å². The van der Waals surface area contributed by atoms with Gasteiger partial charge in [0.25, 0.3) is 11.8 Å². The molecule has 3 amide bonds. The topological polar surface area (TPSA) is 138 Å². The van der Waals surface area contributed by atoms with Crippen molar-refractivity contribution in [3.8, 4) is 0 Å². The van der Waals surface area contributed by atoms with Crippen LogP contribution in [0.1, 0.15) is 48.2 Å². The van der Waals surface area contributed by atoms with Gasteiger partial charge in [0.05, 0.1) is 25.1 Å².